The monoisotopic (exact) mass is 277 g/mol. The van der Waals surface area contributed by atoms with E-state index < -0.39 is 0 Å². The Kier molecular flexibility index (Phi) is 4.60. The molecule has 5 nitrogen and oxygen atoms in total. The van der Waals surface area contributed by atoms with Gasteiger partial charge in [0.15, 0.2) is 0 Å². The van der Waals surface area contributed by atoms with Crippen LogP contribution in [0.1, 0.15) is 43.0 Å². The third-order valence-electron chi connectivity index (χ3n) is 3.93. The summed E-state index contributed by atoms with van der Waals surface area (Å²) in [5.41, 5.74) is 8.27. The molecule has 0 aliphatic heterocycles. The summed E-state index contributed by atoms with van der Waals surface area (Å²) >= 11 is 0. The highest BCUT2D eigenvalue weighted by Crippen LogP contribution is 2.26. The Morgan fingerprint density at radius 1 is 1.45 bits per heavy atom. The van der Waals surface area contributed by atoms with E-state index >= 15 is 0 Å². The second-order valence-corrected chi connectivity index (χ2v) is 5.62. The minimum atomic E-state index is 0.00940. The Bertz CT molecular complexity index is 549. The van der Waals surface area contributed by atoms with Gasteiger partial charge in [-0.25, -0.2) is 0 Å². The third-order valence-corrected chi connectivity index (χ3v) is 3.93. The Morgan fingerprint density at radius 2 is 2.20 bits per heavy atom. The maximum atomic E-state index is 12.0. The predicted octanol–water partition coefficient (Wildman–Crippen LogP) is 1.05. The molecule has 0 fully saturated rings. The van der Waals surface area contributed by atoms with Gasteiger partial charge >= 0.3 is 0 Å². The summed E-state index contributed by atoms with van der Waals surface area (Å²) in [5, 5.41) is 0. The highest BCUT2D eigenvalue weighted by Gasteiger charge is 2.20. The van der Waals surface area contributed by atoms with Crippen LogP contribution in [-0.2, 0) is 17.8 Å². The van der Waals surface area contributed by atoms with Crippen LogP contribution in [-0.4, -0.2) is 29.5 Å². The van der Waals surface area contributed by atoms with Gasteiger partial charge < -0.3 is 15.2 Å². The minimum absolute atomic E-state index is 0.00940. The summed E-state index contributed by atoms with van der Waals surface area (Å²) < 4.78 is 1.80. The van der Waals surface area contributed by atoms with E-state index in [0.717, 1.165) is 30.5 Å². The lowest BCUT2D eigenvalue weighted by Gasteiger charge is -2.25. The van der Waals surface area contributed by atoms with Gasteiger partial charge in [-0.15, -0.1) is 0 Å². The van der Waals surface area contributed by atoms with Gasteiger partial charge in [0.05, 0.1) is 0 Å². The van der Waals surface area contributed by atoms with Crippen LogP contribution < -0.4 is 11.3 Å². The molecule has 0 spiro atoms. The van der Waals surface area contributed by atoms with E-state index in [2.05, 4.69) is 0 Å². The summed E-state index contributed by atoms with van der Waals surface area (Å²) in [6.45, 7) is 0.592. The first-order valence-corrected chi connectivity index (χ1v) is 7.19. The van der Waals surface area contributed by atoms with Crippen LogP contribution in [0.5, 0.6) is 0 Å². The zero-order chi connectivity index (χ0) is 14.7. The summed E-state index contributed by atoms with van der Waals surface area (Å²) in [7, 11) is 3.50. The lowest BCUT2D eigenvalue weighted by Crippen LogP contribution is -2.30. The van der Waals surface area contributed by atoms with Crippen molar-refractivity contribution in [1.82, 2.24) is 9.47 Å². The van der Waals surface area contributed by atoms with Crippen LogP contribution in [0.4, 0.5) is 0 Å². The fourth-order valence-electron chi connectivity index (χ4n) is 2.76. The largest absolute Gasteiger partial charge is 0.349 e. The number of carbonyl (C=O) groups excluding carboxylic acids is 1. The van der Waals surface area contributed by atoms with Gasteiger partial charge in [-0.05, 0) is 31.2 Å². The maximum absolute atomic E-state index is 12.0. The van der Waals surface area contributed by atoms with Crippen molar-refractivity contribution in [3.63, 3.8) is 0 Å². The number of aromatic nitrogens is 1. The summed E-state index contributed by atoms with van der Waals surface area (Å²) in [5.74, 6) is 0.0968. The van der Waals surface area contributed by atoms with E-state index in [9.17, 15) is 9.59 Å². The van der Waals surface area contributed by atoms with Crippen molar-refractivity contribution in [3.8, 4) is 0 Å². The number of hydrogen-bond acceptors (Lipinski definition) is 3. The molecule has 0 aromatic carbocycles. The summed E-state index contributed by atoms with van der Waals surface area (Å²) in [6.07, 6.45) is 4.05. The van der Waals surface area contributed by atoms with Crippen LogP contribution in [0.15, 0.2) is 16.9 Å². The maximum Gasteiger partial charge on any atom is 0.250 e. The molecule has 0 saturated carbocycles. The molecular weight excluding hydrogens is 254 g/mol. The first-order chi connectivity index (χ1) is 9.50. The molecule has 1 aromatic heterocycles. The average Bonchev–Trinajstić information content (AvgIpc) is 2.41. The van der Waals surface area contributed by atoms with Gasteiger partial charge in [0.2, 0.25) is 5.91 Å². The summed E-state index contributed by atoms with van der Waals surface area (Å²) in [6, 6.07) is 3.50. The smallest absolute Gasteiger partial charge is 0.250 e. The van der Waals surface area contributed by atoms with E-state index in [1.165, 1.54) is 0 Å². The van der Waals surface area contributed by atoms with Crippen LogP contribution in [0.3, 0.4) is 0 Å². The van der Waals surface area contributed by atoms with E-state index in [-0.39, 0.29) is 17.5 Å². The Balaban J connectivity index is 2.13. The molecule has 1 aromatic rings. The second-order valence-electron chi connectivity index (χ2n) is 5.62. The van der Waals surface area contributed by atoms with Gasteiger partial charge in [0.25, 0.3) is 5.56 Å². The molecule has 20 heavy (non-hydrogen) atoms. The molecule has 0 bridgehead atoms. The lowest BCUT2D eigenvalue weighted by atomic mass is 9.91. The van der Waals surface area contributed by atoms with Gasteiger partial charge in [0, 0.05) is 44.9 Å². The highest BCUT2D eigenvalue weighted by atomic mass is 16.2. The zero-order valence-corrected chi connectivity index (χ0v) is 12.3. The van der Waals surface area contributed by atoms with Crippen molar-refractivity contribution in [2.75, 3.05) is 14.1 Å². The molecule has 1 amide bonds. The Labute approximate surface area is 119 Å². The van der Waals surface area contributed by atoms with E-state index in [1.54, 1.807) is 29.6 Å². The molecular formula is C15H23N3O2. The van der Waals surface area contributed by atoms with Gasteiger partial charge in [-0.1, -0.05) is 6.07 Å². The van der Waals surface area contributed by atoms with E-state index in [0.29, 0.717) is 19.4 Å². The average molecular weight is 277 g/mol. The van der Waals surface area contributed by atoms with Gasteiger partial charge in [0.1, 0.15) is 0 Å². The van der Waals surface area contributed by atoms with E-state index in [4.69, 9.17) is 5.73 Å². The highest BCUT2D eigenvalue weighted by molar-refractivity contribution is 5.75. The zero-order valence-electron chi connectivity index (χ0n) is 12.3. The van der Waals surface area contributed by atoms with E-state index in [1.807, 2.05) is 6.07 Å². The van der Waals surface area contributed by atoms with Crippen LogP contribution in [0, 0.1) is 0 Å². The number of pyridine rings is 1. The van der Waals surface area contributed by atoms with Crippen LogP contribution in [0.25, 0.3) is 0 Å². The van der Waals surface area contributed by atoms with Crippen molar-refractivity contribution >= 4 is 5.91 Å². The molecule has 1 atom stereocenters. The second kappa shape index (κ2) is 6.22. The quantitative estimate of drug-likeness (QED) is 0.894. The third kappa shape index (κ3) is 3.10. The fourth-order valence-corrected chi connectivity index (χ4v) is 2.76. The van der Waals surface area contributed by atoms with Gasteiger partial charge in [-0.2, -0.15) is 0 Å². The van der Waals surface area contributed by atoms with Crippen molar-refractivity contribution in [1.29, 1.82) is 0 Å². The van der Waals surface area contributed by atoms with Crippen molar-refractivity contribution in [2.24, 2.45) is 5.73 Å². The fraction of sp³-hybridized carbons (Fsp3) is 0.600. The topological polar surface area (TPSA) is 68.3 Å². The molecule has 0 radical (unpaired) electrons. The molecule has 2 rings (SSSR count). The number of hydrogen-bond donors (Lipinski definition) is 1. The number of rotatable bonds is 4. The van der Waals surface area contributed by atoms with Gasteiger partial charge in [-0.3, -0.25) is 9.59 Å². The SMILES string of the molecule is CN(C)C(=O)CCCn1c2c(ccc1=O)C(N)CCC2. The van der Waals surface area contributed by atoms with Crippen molar-refractivity contribution in [2.45, 2.75) is 44.7 Å². The molecule has 110 valence electrons. The standard InChI is InChI=1S/C15H23N3O2/c1-17(2)14(19)7-4-10-18-13-6-3-5-12(16)11(13)8-9-15(18)20/h8-9,12H,3-7,10,16H2,1-2H3. The molecule has 5 heteroatoms. The number of amides is 1. The number of carbonyl (C=O) groups is 1. The van der Waals surface area contributed by atoms with Crippen molar-refractivity contribution in [3.05, 3.63) is 33.7 Å². The molecule has 1 unspecified atom stereocenters. The van der Waals surface area contributed by atoms with Crippen LogP contribution in [0.2, 0.25) is 0 Å². The first kappa shape index (κ1) is 14.8. The molecule has 2 N–H and O–H groups in total. The molecule has 1 heterocycles. The normalized spacial score (nSPS) is 17.6. The summed E-state index contributed by atoms with van der Waals surface area (Å²) in [4.78, 5) is 25.2. The Morgan fingerprint density at radius 3 is 2.90 bits per heavy atom. The number of nitrogens with two attached hydrogens (primary N) is 1. The molecule has 1 aliphatic carbocycles. The molecule has 1 aliphatic rings. The van der Waals surface area contributed by atoms with Crippen molar-refractivity contribution < 1.29 is 4.79 Å². The predicted molar refractivity (Wildman–Crippen MR) is 78.5 cm³/mol. The Hall–Kier alpha value is -1.62. The van der Waals surface area contributed by atoms with Crippen LogP contribution >= 0.6 is 0 Å². The first-order valence-electron chi connectivity index (χ1n) is 7.19. The molecule has 0 saturated heterocycles. The minimum Gasteiger partial charge on any atom is -0.349 e. The lowest BCUT2D eigenvalue weighted by molar-refractivity contribution is -0.128. The number of fused-ring (bicyclic) bond motifs is 1. The number of nitrogens with zero attached hydrogens (tertiary/aromatic N) is 2.